The summed E-state index contributed by atoms with van der Waals surface area (Å²) in [6.45, 7) is 12.8. The Bertz CT molecular complexity index is 599. The van der Waals surface area contributed by atoms with Crippen LogP contribution in [0.3, 0.4) is 0 Å². The number of aliphatic hydroxyl groups is 1. The quantitative estimate of drug-likeness (QED) is 0.793. The van der Waals surface area contributed by atoms with E-state index in [1.165, 1.54) is 0 Å². The molecular weight excluding hydrogens is 325 g/mol. The van der Waals surface area contributed by atoms with Crippen molar-refractivity contribution in [3.8, 4) is 0 Å². The van der Waals surface area contributed by atoms with Crippen LogP contribution in [-0.4, -0.2) is 35.7 Å². The number of carbonyl (C=O) groups excluding carboxylic acids is 1. The molecule has 0 spiro atoms. The van der Waals surface area contributed by atoms with Gasteiger partial charge in [-0.05, 0) is 62.5 Å². The summed E-state index contributed by atoms with van der Waals surface area (Å²) < 4.78 is 6.30. The summed E-state index contributed by atoms with van der Waals surface area (Å²) in [5, 5.41) is 12.6. The zero-order chi connectivity index (χ0) is 19.5. The fourth-order valence-corrected chi connectivity index (χ4v) is 3.08. The Balaban J connectivity index is 1.96. The average molecular weight is 359 g/mol. The molecule has 1 aromatic rings. The molecule has 0 radical (unpaired) electrons. The number of hydrogen-bond acceptors (Lipinski definition) is 3. The molecule has 0 aromatic heterocycles. The van der Waals surface area contributed by atoms with Crippen LogP contribution in [0.1, 0.15) is 70.7 Å². The molecule has 26 heavy (non-hydrogen) atoms. The molecule has 2 N–H and O–H groups in total. The van der Waals surface area contributed by atoms with Crippen LogP contribution in [0.2, 0.25) is 6.82 Å². The van der Waals surface area contributed by atoms with E-state index in [2.05, 4.69) is 46.8 Å². The second-order valence-electron chi connectivity index (χ2n) is 9.12. The Labute approximate surface area is 158 Å². The molecule has 0 heterocycles. The van der Waals surface area contributed by atoms with Crippen molar-refractivity contribution in [3.05, 3.63) is 29.8 Å². The molecule has 1 aliphatic rings. The molecule has 0 atom stereocenters. The molecule has 1 amide bonds. The number of aliphatic hydroxyl groups excluding tert-OH is 1. The lowest BCUT2D eigenvalue weighted by atomic mass is 9.62. The fraction of sp³-hybridized carbons (Fsp3) is 0.667. The van der Waals surface area contributed by atoms with Gasteiger partial charge in [-0.25, -0.2) is 0 Å². The number of benzene rings is 1. The molecule has 144 valence electrons. The minimum atomic E-state index is -0.256. The molecule has 0 bridgehead atoms. The van der Waals surface area contributed by atoms with Gasteiger partial charge in [-0.3, -0.25) is 4.79 Å². The van der Waals surface area contributed by atoms with Crippen LogP contribution >= 0.6 is 0 Å². The summed E-state index contributed by atoms with van der Waals surface area (Å²) in [6, 6.07) is 7.85. The van der Waals surface area contributed by atoms with Crippen molar-refractivity contribution in [2.75, 3.05) is 0 Å². The van der Waals surface area contributed by atoms with Gasteiger partial charge in [0, 0.05) is 11.6 Å². The Morgan fingerprint density at radius 3 is 2.12 bits per heavy atom. The maximum atomic E-state index is 12.4. The zero-order valence-electron chi connectivity index (χ0n) is 17.1. The minimum absolute atomic E-state index is 0.0364. The second kappa shape index (κ2) is 8.14. The summed E-state index contributed by atoms with van der Waals surface area (Å²) in [6.07, 6.45) is 3.02. The average Bonchev–Trinajstić information content (AvgIpc) is 2.55. The normalized spacial score (nSPS) is 21.3. The first-order chi connectivity index (χ1) is 12.0. The maximum absolute atomic E-state index is 12.4. The van der Waals surface area contributed by atoms with E-state index in [0.29, 0.717) is 5.56 Å². The Kier molecular flexibility index (Phi) is 6.57. The fourth-order valence-electron chi connectivity index (χ4n) is 3.08. The van der Waals surface area contributed by atoms with Crippen LogP contribution in [0, 0.1) is 5.41 Å². The third kappa shape index (κ3) is 5.34. The SMILES string of the molecule is CB(OC(C)(C)C(C)(C)C)c1ccc(C(=O)N[C@H]2CC[C@H](O)CC2)cc1. The highest BCUT2D eigenvalue weighted by Crippen LogP contribution is 2.33. The van der Waals surface area contributed by atoms with Gasteiger partial charge in [0.1, 0.15) is 0 Å². The van der Waals surface area contributed by atoms with Gasteiger partial charge in [0.25, 0.3) is 5.91 Å². The van der Waals surface area contributed by atoms with Crippen LogP contribution in [0.25, 0.3) is 0 Å². The molecule has 1 saturated carbocycles. The van der Waals surface area contributed by atoms with Gasteiger partial charge in [0.15, 0.2) is 0 Å². The van der Waals surface area contributed by atoms with E-state index in [0.717, 1.165) is 31.1 Å². The molecule has 1 fully saturated rings. The largest absolute Gasteiger partial charge is 0.426 e. The number of rotatable bonds is 5. The zero-order valence-corrected chi connectivity index (χ0v) is 17.1. The predicted molar refractivity (Wildman–Crippen MR) is 108 cm³/mol. The standard InChI is InChI=1S/C21H34BNO3/c1-20(2,3)21(4,5)26-22(6)16-9-7-15(8-10-16)19(25)23-17-11-13-18(24)14-12-17/h7-10,17-18,24H,11-14H2,1-6H3,(H,23,25)/t17-,18-. The van der Waals surface area contributed by atoms with Crippen LogP contribution < -0.4 is 10.8 Å². The van der Waals surface area contributed by atoms with Crippen molar-refractivity contribution >= 4 is 18.3 Å². The monoisotopic (exact) mass is 359 g/mol. The first-order valence-corrected chi connectivity index (χ1v) is 9.76. The van der Waals surface area contributed by atoms with Gasteiger partial charge in [-0.2, -0.15) is 0 Å². The van der Waals surface area contributed by atoms with E-state index in [4.69, 9.17) is 4.65 Å². The van der Waals surface area contributed by atoms with Gasteiger partial charge in [-0.15, -0.1) is 0 Å². The number of carbonyl (C=O) groups is 1. The van der Waals surface area contributed by atoms with Crippen molar-refractivity contribution in [1.29, 1.82) is 0 Å². The maximum Gasteiger partial charge on any atom is 0.324 e. The lowest BCUT2D eigenvalue weighted by molar-refractivity contribution is 0.000447. The van der Waals surface area contributed by atoms with Crippen molar-refractivity contribution in [1.82, 2.24) is 5.32 Å². The van der Waals surface area contributed by atoms with Crippen LogP contribution in [0.15, 0.2) is 24.3 Å². The number of amides is 1. The highest BCUT2D eigenvalue weighted by Gasteiger charge is 2.36. The first-order valence-electron chi connectivity index (χ1n) is 9.76. The topological polar surface area (TPSA) is 58.6 Å². The Morgan fingerprint density at radius 1 is 1.08 bits per heavy atom. The third-order valence-electron chi connectivity index (χ3n) is 5.95. The number of hydrogen-bond donors (Lipinski definition) is 2. The van der Waals surface area contributed by atoms with E-state index in [1.54, 1.807) is 0 Å². The summed E-state index contributed by atoms with van der Waals surface area (Å²) in [5.41, 5.74) is 1.52. The second-order valence-corrected chi connectivity index (χ2v) is 9.12. The highest BCUT2D eigenvalue weighted by atomic mass is 16.5. The number of nitrogens with one attached hydrogen (secondary N) is 1. The lowest BCUT2D eigenvalue weighted by Crippen LogP contribution is -2.47. The highest BCUT2D eigenvalue weighted by molar-refractivity contribution is 6.66. The van der Waals surface area contributed by atoms with Crippen LogP contribution in [0.4, 0.5) is 0 Å². The van der Waals surface area contributed by atoms with Crippen molar-refractivity contribution in [2.24, 2.45) is 5.41 Å². The van der Waals surface area contributed by atoms with Gasteiger partial charge in [-0.1, -0.05) is 39.7 Å². The lowest BCUT2D eigenvalue weighted by Gasteiger charge is -2.40. The molecule has 2 rings (SSSR count). The summed E-state index contributed by atoms with van der Waals surface area (Å²) in [7, 11) is 0. The van der Waals surface area contributed by atoms with Gasteiger partial charge in [0.2, 0.25) is 0 Å². The van der Waals surface area contributed by atoms with Gasteiger partial charge < -0.3 is 15.1 Å². The molecule has 0 saturated heterocycles. The third-order valence-corrected chi connectivity index (χ3v) is 5.95. The molecule has 5 heteroatoms. The van der Waals surface area contributed by atoms with E-state index in [1.807, 2.05) is 24.3 Å². The molecule has 1 aromatic carbocycles. The van der Waals surface area contributed by atoms with E-state index in [-0.39, 0.29) is 36.0 Å². The smallest absolute Gasteiger partial charge is 0.324 e. The van der Waals surface area contributed by atoms with Crippen molar-refractivity contribution in [2.45, 2.75) is 84.9 Å². The predicted octanol–water partition coefficient (Wildman–Crippen LogP) is 3.39. The van der Waals surface area contributed by atoms with Gasteiger partial charge in [0.05, 0.1) is 11.7 Å². The first kappa shape index (κ1) is 21.0. The van der Waals surface area contributed by atoms with Gasteiger partial charge >= 0.3 is 6.92 Å². The van der Waals surface area contributed by atoms with Crippen LogP contribution in [0.5, 0.6) is 0 Å². The van der Waals surface area contributed by atoms with Crippen LogP contribution in [-0.2, 0) is 4.65 Å². The molecule has 1 aliphatic carbocycles. The van der Waals surface area contributed by atoms with E-state index < -0.39 is 0 Å². The minimum Gasteiger partial charge on any atom is -0.426 e. The summed E-state index contributed by atoms with van der Waals surface area (Å²) >= 11 is 0. The molecular formula is C21H34BNO3. The summed E-state index contributed by atoms with van der Waals surface area (Å²) in [5.74, 6) is -0.0402. The Morgan fingerprint density at radius 2 is 1.62 bits per heavy atom. The van der Waals surface area contributed by atoms with E-state index in [9.17, 15) is 9.90 Å². The Hall–Kier alpha value is -1.33. The van der Waals surface area contributed by atoms with Crippen molar-refractivity contribution in [3.63, 3.8) is 0 Å². The molecule has 4 nitrogen and oxygen atoms in total. The van der Waals surface area contributed by atoms with E-state index >= 15 is 0 Å². The van der Waals surface area contributed by atoms with Crippen molar-refractivity contribution < 1.29 is 14.6 Å². The molecule has 0 unspecified atom stereocenters. The molecule has 0 aliphatic heterocycles. The summed E-state index contributed by atoms with van der Waals surface area (Å²) in [4.78, 5) is 12.4.